The molecule has 0 aliphatic rings. The average Bonchev–Trinajstić information content (AvgIpc) is 3.36. The molecule has 0 saturated heterocycles. The van der Waals surface area contributed by atoms with Gasteiger partial charge in [0.2, 0.25) is 5.88 Å². The smallest absolute Gasteiger partial charge is 0.267 e. The summed E-state index contributed by atoms with van der Waals surface area (Å²) < 4.78 is 34.7. The molecule has 2 aromatic heterocycles. The second-order valence-corrected chi connectivity index (χ2v) is 10.3. The van der Waals surface area contributed by atoms with Crippen molar-refractivity contribution in [3.63, 3.8) is 0 Å². The van der Waals surface area contributed by atoms with Gasteiger partial charge in [0.15, 0.2) is 4.90 Å². The maximum atomic E-state index is 13.4. The van der Waals surface area contributed by atoms with Gasteiger partial charge in [-0.25, -0.2) is 18.4 Å². The van der Waals surface area contributed by atoms with E-state index in [1.165, 1.54) is 30.7 Å². The third-order valence-electron chi connectivity index (χ3n) is 5.41. The third-order valence-corrected chi connectivity index (χ3v) is 7.64. The molecule has 0 unspecified atom stereocenters. The molecule has 9 heteroatoms. The van der Waals surface area contributed by atoms with Crippen LogP contribution in [-0.2, 0) is 16.4 Å². The van der Waals surface area contributed by atoms with Crippen LogP contribution in [0.25, 0.3) is 16.3 Å². The summed E-state index contributed by atoms with van der Waals surface area (Å²) in [6.45, 7) is 7.92. The second-order valence-electron chi connectivity index (χ2n) is 7.81. The van der Waals surface area contributed by atoms with Crippen molar-refractivity contribution in [1.29, 1.82) is 0 Å². The molecule has 0 bridgehead atoms. The molecule has 0 atom stereocenters. The van der Waals surface area contributed by atoms with Crippen LogP contribution < -0.4 is 14.8 Å². The van der Waals surface area contributed by atoms with E-state index < -0.39 is 10.0 Å². The van der Waals surface area contributed by atoms with Gasteiger partial charge in [0.25, 0.3) is 10.0 Å². The SMILES string of the molecule is C=C(Nc1cnc(OC)c(S(=O)(=O)Nc2c(C)cccc2CC)c1)c1csc(-c2ccccc2)n1. The zero-order chi connectivity index (χ0) is 25.0. The maximum Gasteiger partial charge on any atom is 0.267 e. The van der Waals surface area contributed by atoms with Gasteiger partial charge in [-0.1, -0.05) is 62.0 Å². The number of rotatable bonds is 9. The van der Waals surface area contributed by atoms with Crippen molar-refractivity contribution in [2.45, 2.75) is 25.2 Å². The number of para-hydroxylation sites is 1. The van der Waals surface area contributed by atoms with E-state index >= 15 is 0 Å². The van der Waals surface area contributed by atoms with E-state index in [-0.39, 0.29) is 10.8 Å². The molecule has 2 N–H and O–H groups in total. The van der Waals surface area contributed by atoms with Gasteiger partial charge in [-0.3, -0.25) is 4.72 Å². The Morgan fingerprint density at radius 2 is 1.91 bits per heavy atom. The number of pyridine rings is 1. The highest BCUT2D eigenvalue weighted by Crippen LogP contribution is 2.31. The molecule has 0 aliphatic heterocycles. The molecule has 4 aromatic rings. The molecule has 7 nitrogen and oxygen atoms in total. The summed E-state index contributed by atoms with van der Waals surface area (Å²) in [5.41, 5.74) is 4.96. The third kappa shape index (κ3) is 5.36. The first-order valence-electron chi connectivity index (χ1n) is 10.9. The highest BCUT2D eigenvalue weighted by molar-refractivity contribution is 7.92. The molecule has 2 aromatic carbocycles. The van der Waals surface area contributed by atoms with Gasteiger partial charge in [0, 0.05) is 10.9 Å². The number of benzene rings is 2. The van der Waals surface area contributed by atoms with Crippen molar-refractivity contribution < 1.29 is 13.2 Å². The molecule has 180 valence electrons. The Hall–Kier alpha value is -3.69. The van der Waals surface area contributed by atoms with E-state index in [9.17, 15) is 8.42 Å². The Labute approximate surface area is 209 Å². The monoisotopic (exact) mass is 506 g/mol. The topological polar surface area (TPSA) is 93.2 Å². The average molecular weight is 507 g/mol. The fourth-order valence-corrected chi connectivity index (χ4v) is 5.73. The molecular formula is C26H26N4O3S2. The van der Waals surface area contributed by atoms with E-state index in [1.807, 2.05) is 67.8 Å². The van der Waals surface area contributed by atoms with Gasteiger partial charge >= 0.3 is 0 Å². The van der Waals surface area contributed by atoms with E-state index in [4.69, 9.17) is 4.74 Å². The summed E-state index contributed by atoms with van der Waals surface area (Å²) in [6.07, 6.45) is 2.19. The number of hydrogen-bond donors (Lipinski definition) is 2. The van der Waals surface area contributed by atoms with Crippen molar-refractivity contribution in [2.24, 2.45) is 0 Å². The van der Waals surface area contributed by atoms with Crippen LogP contribution >= 0.6 is 11.3 Å². The number of ether oxygens (including phenoxy) is 1. The number of hydrogen-bond acceptors (Lipinski definition) is 7. The number of methoxy groups -OCH3 is 1. The largest absolute Gasteiger partial charge is 0.480 e. The van der Waals surface area contributed by atoms with E-state index in [0.29, 0.717) is 29.2 Å². The highest BCUT2D eigenvalue weighted by Gasteiger charge is 2.23. The van der Waals surface area contributed by atoms with Gasteiger partial charge in [-0.05, 0) is 30.5 Å². The van der Waals surface area contributed by atoms with Gasteiger partial charge in [-0.15, -0.1) is 11.3 Å². The molecular weight excluding hydrogens is 480 g/mol. The van der Waals surface area contributed by atoms with Crippen LogP contribution in [0.5, 0.6) is 5.88 Å². The molecule has 0 aliphatic carbocycles. The van der Waals surface area contributed by atoms with Crippen molar-refractivity contribution in [2.75, 3.05) is 17.1 Å². The molecule has 0 fully saturated rings. The minimum Gasteiger partial charge on any atom is -0.480 e. The zero-order valence-corrected chi connectivity index (χ0v) is 21.3. The van der Waals surface area contributed by atoms with Crippen LogP contribution in [0.1, 0.15) is 23.7 Å². The van der Waals surface area contributed by atoms with Crippen LogP contribution in [0, 0.1) is 6.92 Å². The van der Waals surface area contributed by atoms with Crippen molar-refractivity contribution in [3.05, 3.63) is 89.6 Å². The molecule has 2 heterocycles. The van der Waals surface area contributed by atoms with Gasteiger partial charge in [-0.2, -0.15) is 0 Å². The first kappa shape index (κ1) is 24.4. The lowest BCUT2D eigenvalue weighted by atomic mass is 10.1. The van der Waals surface area contributed by atoms with Gasteiger partial charge < -0.3 is 10.1 Å². The summed E-state index contributed by atoms with van der Waals surface area (Å²) in [6, 6.07) is 17.0. The van der Waals surface area contributed by atoms with Crippen LogP contribution in [-0.4, -0.2) is 25.5 Å². The second kappa shape index (κ2) is 10.3. The normalized spacial score (nSPS) is 11.2. The quantitative estimate of drug-likeness (QED) is 0.291. The summed E-state index contributed by atoms with van der Waals surface area (Å²) in [4.78, 5) is 8.78. The highest BCUT2D eigenvalue weighted by atomic mass is 32.2. The van der Waals surface area contributed by atoms with Gasteiger partial charge in [0.05, 0.1) is 36.1 Å². The Bertz CT molecular complexity index is 1470. The Kier molecular flexibility index (Phi) is 7.18. The fourth-order valence-electron chi connectivity index (χ4n) is 3.57. The van der Waals surface area contributed by atoms with Crippen molar-refractivity contribution in [3.8, 4) is 16.5 Å². The van der Waals surface area contributed by atoms with Crippen LogP contribution in [0.15, 0.2) is 77.6 Å². The standard InChI is InChI=1S/C26H26N4O3S2/c1-5-19-13-9-10-17(2)24(19)30-35(31,32)23-14-21(15-27-25(23)33-4)28-18(3)22-16-34-26(29-22)20-11-7-6-8-12-20/h6-16,28,30H,3,5H2,1-2,4H3. The summed E-state index contributed by atoms with van der Waals surface area (Å²) in [7, 11) is -2.60. The molecule has 4 rings (SSSR count). The van der Waals surface area contributed by atoms with Crippen LogP contribution in [0.4, 0.5) is 11.4 Å². The predicted molar refractivity (Wildman–Crippen MR) is 142 cm³/mol. The molecule has 0 amide bonds. The van der Waals surface area contributed by atoms with E-state index in [2.05, 4.69) is 26.6 Å². The van der Waals surface area contributed by atoms with E-state index in [0.717, 1.165) is 21.7 Å². The fraction of sp³-hybridized carbons (Fsp3) is 0.154. The Morgan fingerprint density at radius 3 is 2.63 bits per heavy atom. The van der Waals surface area contributed by atoms with Gasteiger partial charge in [0.1, 0.15) is 5.01 Å². The lowest BCUT2D eigenvalue weighted by Crippen LogP contribution is -2.17. The molecule has 0 radical (unpaired) electrons. The lowest BCUT2D eigenvalue weighted by molar-refractivity contribution is 0.385. The Morgan fingerprint density at radius 1 is 1.14 bits per heavy atom. The number of nitrogens with one attached hydrogen (secondary N) is 2. The number of nitrogens with zero attached hydrogens (tertiary/aromatic N) is 2. The van der Waals surface area contributed by atoms with Crippen LogP contribution in [0.2, 0.25) is 0 Å². The molecule has 35 heavy (non-hydrogen) atoms. The number of aryl methyl sites for hydroxylation is 2. The number of aromatic nitrogens is 2. The first-order valence-corrected chi connectivity index (χ1v) is 13.3. The van der Waals surface area contributed by atoms with Crippen molar-refractivity contribution >= 4 is 38.4 Å². The van der Waals surface area contributed by atoms with E-state index in [1.54, 1.807) is 0 Å². The minimum atomic E-state index is -3.99. The zero-order valence-electron chi connectivity index (χ0n) is 19.7. The number of anilines is 2. The maximum absolute atomic E-state index is 13.4. The summed E-state index contributed by atoms with van der Waals surface area (Å²) in [5, 5.41) is 5.89. The van der Waals surface area contributed by atoms with Crippen molar-refractivity contribution in [1.82, 2.24) is 9.97 Å². The lowest BCUT2D eigenvalue weighted by Gasteiger charge is -2.16. The molecule has 0 saturated carbocycles. The summed E-state index contributed by atoms with van der Waals surface area (Å²) in [5.74, 6) is 0.000294. The number of sulfonamides is 1. The molecule has 0 spiro atoms. The van der Waals surface area contributed by atoms with Crippen LogP contribution in [0.3, 0.4) is 0 Å². The summed E-state index contributed by atoms with van der Waals surface area (Å²) >= 11 is 1.51. The Balaban J connectivity index is 1.61. The number of thiazole rings is 1. The first-order chi connectivity index (χ1) is 16.8. The minimum absolute atomic E-state index is 0.000294. The predicted octanol–water partition coefficient (Wildman–Crippen LogP) is 5.97.